The van der Waals surface area contributed by atoms with Gasteiger partial charge in [-0.2, -0.15) is 0 Å². The quantitative estimate of drug-likeness (QED) is 0.773. The van der Waals surface area contributed by atoms with E-state index in [1.165, 1.54) is 11.3 Å². The molecule has 3 aliphatic rings. The van der Waals surface area contributed by atoms with Gasteiger partial charge < -0.3 is 15.7 Å². The van der Waals surface area contributed by atoms with Gasteiger partial charge >= 0.3 is 5.97 Å². The van der Waals surface area contributed by atoms with Crippen molar-refractivity contribution in [2.45, 2.75) is 45.1 Å². The standard InChI is InChI=1S/C15H21N3O3S/c1-16-13-18-10(9-22-13)8-17-11(19)14-2-5-15(6-3-14,7-4-14)12(20)21/h9H,2-8H2,1H3,(H,16,18)(H,17,19)(H,20,21). The Morgan fingerprint density at radius 1 is 1.23 bits per heavy atom. The lowest BCUT2D eigenvalue weighted by molar-refractivity contribution is -0.163. The van der Waals surface area contributed by atoms with Gasteiger partial charge in [-0.15, -0.1) is 11.3 Å². The Bertz CT molecular complexity index is 574. The molecule has 3 N–H and O–H groups in total. The van der Waals surface area contributed by atoms with E-state index < -0.39 is 11.4 Å². The summed E-state index contributed by atoms with van der Waals surface area (Å²) in [5, 5.41) is 18.1. The summed E-state index contributed by atoms with van der Waals surface area (Å²) in [4.78, 5) is 28.4. The summed E-state index contributed by atoms with van der Waals surface area (Å²) in [7, 11) is 1.82. The number of rotatable bonds is 5. The fourth-order valence-electron chi connectivity index (χ4n) is 3.71. The number of carbonyl (C=O) groups is 2. The number of nitrogens with zero attached hydrogens (tertiary/aromatic N) is 1. The summed E-state index contributed by atoms with van der Waals surface area (Å²) >= 11 is 1.51. The molecule has 2 bridgehead atoms. The lowest BCUT2D eigenvalue weighted by Gasteiger charge is -2.50. The van der Waals surface area contributed by atoms with Crippen LogP contribution in [0.2, 0.25) is 0 Å². The molecule has 1 amide bonds. The second-order valence-electron chi connectivity index (χ2n) is 6.44. The SMILES string of the molecule is CNc1nc(CNC(=O)C23CCC(C(=O)O)(CC2)CC3)cs1. The normalized spacial score (nSPS) is 30.0. The number of aliphatic carboxylic acids is 1. The van der Waals surface area contributed by atoms with Crippen LogP contribution in [0.3, 0.4) is 0 Å². The van der Waals surface area contributed by atoms with Crippen molar-refractivity contribution in [3.05, 3.63) is 11.1 Å². The first-order valence-electron chi connectivity index (χ1n) is 7.64. The molecule has 3 aliphatic carbocycles. The molecule has 1 aromatic heterocycles. The summed E-state index contributed by atoms with van der Waals surface area (Å²) < 4.78 is 0. The Morgan fingerprint density at radius 2 is 1.82 bits per heavy atom. The fraction of sp³-hybridized carbons (Fsp3) is 0.667. The van der Waals surface area contributed by atoms with Crippen molar-refractivity contribution >= 4 is 28.3 Å². The third kappa shape index (κ3) is 2.47. The Balaban J connectivity index is 1.60. The highest BCUT2D eigenvalue weighted by atomic mass is 32.1. The number of hydrogen-bond acceptors (Lipinski definition) is 5. The van der Waals surface area contributed by atoms with Crippen LogP contribution in [0.4, 0.5) is 5.13 Å². The van der Waals surface area contributed by atoms with Gasteiger partial charge in [-0.25, -0.2) is 4.98 Å². The molecule has 1 heterocycles. The van der Waals surface area contributed by atoms with Crippen molar-refractivity contribution in [3.8, 4) is 0 Å². The number of hydrogen-bond donors (Lipinski definition) is 3. The number of anilines is 1. The summed E-state index contributed by atoms with van der Waals surface area (Å²) in [6, 6.07) is 0. The minimum atomic E-state index is -0.691. The van der Waals surface area contributed by atoms with Crippen molar-refractivity contribution in [3.63, 3.8) is 0 Å². The van der Waals surface area contributed by atoms with E-state index in [4.69, 9.17) is 0 Å². The first-order chi connectivity index (χ1) is 10.5. The largest absolute Gasteiger partial charge is 0.481 e. The van der Waals surface area contributed by atoms with E-state index in [2.05, 4.69) is 15.6 Å². The molecule has 7 heteroatoms. The Labute approximate surface area is 133 Å². The average Bonchev–Trinajstić information content (AvgIpc) is 3.02. The highest BCUT2D eigenvalue weighted by Crippen LogP contribution is 2.57. The van der Waals surface area contributed by atoms with Crippen LogP contribution in [0.15, 0.2) is 5.38 Å². The number of carboxylic acids is 1. The number of nitrogens with one attached hydrogen (secondary N) is 2. The first-order valence-corrected chi connectivity index (χ1v) is 8.52. The van der Waals surface area contributed by atoms with Gasteiger partial charge in [0.05, 0.1) is 17.7 Å². The molecule has 0 spiro atoms. The highest BCUT2D eigenvalue weighted by molar-refractivity contribution is 7.13. The number of amides is 1. The number of thiazole rings is 1. The smallest absolute Gasteiger partial charge is 0.309 e. The molecule has 0 aromatic carbocycles. The zero-order valence-electron chi connectivity index (χ0n) is 12.6. The van der Waals surface area contributed by atoms with Gasteiger partial charge in [0, 0.05) is 17.8 Å². The minimum Gasteiger partial charge on any atom is -0.481 e. The van der Waals surface area contributed by atoms with Crippen LogP contribution in [-0.2, 0) is 16.1 Å². The third-order valence-corrected chi connectivity index (χ3v) is 6.29. The second-order valence-corrected chi connectivity index (χ2v) is 7.30. The Hall–Kier alpha value is -1.63. The lowest BCUT2D eigenvalue weighted by Crippen LogP contribution is -2.52. The van der Waals surface area contributed by atoms with Gasteiger partial charge in [0.1, 0.15) is 0 Å². The summed E-state index contributed by atoms with van der Waals surface area (Å²) in [6.07, 6.45) is 3.92. The molecule has 3 fully saturated rings. The van der Waals surface area contributed by atoms with Crippen molar-refractivity contribution in [1.82, 2.24) is 10.3 Å². The number of fused-ring (bicyclic) bond motifs is 3. The van der Waals surface area contributed by atoms with E-state index in [-0.39, 0.29) is 11.3 Å². The highest BCUT2D eigenvalue weighted by Gasteiger charge is 2.55. The minimum absolute atomic E-state index is 0.0604. The molecule has 6 nitrogen and oxygen atoms in total. The maximum atomic E-state index is 12.6. The maximum absolute atomic E-state index is 12.6. The van der Waals surface area contributed by atoms with Crippen LogP contribution < -0.4 is 10.6 Å². The van der Waals surface area contributed by atoms with Crippen LogP contribution in [0.5, 0.6) is 0 Å². The van der Waals surface area contributed by atoms with Crippen molar-refractivity contribution < 1.29 is 14.7 Å². The van der Waals surface area contributed by atoms with Gasteiger partial charge in [0.25, 0.3) is 0 Å². The molecule has 1 aromatic rings. The van der Waals surface area contributed by atoms with Gasteiger partial charge in [0.2, 0.25) is 5.91 Å². The van der Waals surface area contributed by atoms with Gasteiger partial charge in [-0.3, -0.25) is 9.59 Å². The summed E-state index contributed by atoms with van der Waals surface area (Å²) in [6.45, 7) is 0.433. The molecule has 22 heavy (non-hydrogen) atoms. The first kappa shape index (κ1) is 15.3. The van der Waals surface area contributed by atoms with Crippen molar-refractivity contribution in [2.75, 3.05) is 12.4 Å². The summed E-state index contributed by atoms with van der Waals surface area (Å²) in [5.74, 6) is -0.631. The van der Waals surface area contributed by atoms with E-state index >= 15 is 0 Å². The van der Waals surface area contributed by atoms with E-state index in [0.29, 0.717) is 45.1 Å². The number of carboxylic acid groups (broad SMARTS) is 1. The van der Waals surface area contributed by atoms with Crippen LogP contribution in [0.25, 0.3) is 0 Å². The Morgan fingerprint density at radius 3 is 2.32 bits per heavy atom. The fourth-order valence-corrected chi connectivity index (χ4v) is 4.38. The molecule has 3 saturated carbocycles. The molecule has 0 aliphatic heterocycles. The molecule has 4 rings (SSSR count). The second kappa shape index (κ2) is 5.53. The van der Waals surface area contributed by atoms with E-state index in [9.17, 15) is 14.7 Å². The molecule has 120 valence electrons. The van der Waals surface area contributed by atoms with Crippen LogP contribution >= 0.6 is 11.3 Å². The number of aromatic nitrogens is 1. The number of carbonyl (C=O) groups excluding carboxylic acids is 1. The van der Waals surface area contributed by atoms with E-state index in [1.807, 2.05) is 12.4 Å². The van der Waals surface area contributed by atoms with Gasteiger partial charge in [-0.1, -0.05) is 0 Å². The van der Waals surface area contributed by atoms with E-state index in [0.717, 1.165) is 10.8 Å². The van der Waals surface area contributed by atoms with Crippen LogP contribution in [-0.4, -0.2) is 29.0 Å². The van der Waals surface area contributed by atoms with Gasteiger partial charge in [0.15, 0.2) is 5.13 Å². The molecular formula is C15H21N3O3S. The zero-order chi connectivity index (χ0) is 15.8. The van der Waals surface area contributed by atoms with E-state index in [1.54, 1.807) is 0 Å². The molecule has 0 atom stereocenters. The molecule has 0 saturated heterocycles. The average molecular weight is 323 g/mol. The molecule has 0 unspecified atom stereocenters. The van der Waals surface area contributed by atoms with Crippen LogP contribution in [0.1, 0.15) is 44.2 Å². The van der Waals surface area contributed by atoms with Crippen LogP contribution in [0, 0.1) is 10.8 Å². The topological polar surface area (TPSA) is 91.3 Å². The zero-order valence-corrected chi connectivity index (χ0v) is 13.5. The summed E-state index contributed by atoms with van der Waals surface area (Å²) in [5.41, 5.74) is -0.0804. The third-order valence-electron chi connectivity index (χ3n) is 5.38. The molecular weight excluding hydrogens is 302 g/mol. The predicted molar refractivity (Wildman–Crippen MR) is 83.7 cm³/mol. The van der Waals surface area contributed by atoms with Gasteiger partial charge in [-0.05, 0) is 38.5 Å². The van der Waals surface area contributed by atoms with Crippen molar-refractivity contribution in [1.29, 1.82) is 0 Å². The van der Waals surface area contributed by atoms with Crippen molar-refractivity contribution in [2.24, 2.45) is 10.8 Å². The monoisotopic (exact) mass is 323 g/mol. The predicted octanol–water partition coefficient (Wildman–Crippen LogP) is 2.23. The maximum Gasteiger partial charge on any atom is 0.309 e. The Kier molecular flexibility index (Phi) is 3.84. The molecule has 0 radical (unpaired) electrons. The lowest BCUT2D eigenvalue weighted by atomic mass is 9.53.